The van der Waals surface area contributed by atoms with Crippen LogP contribution in [0.25, 0.3) is 0 Å². The second-order valence-electron chi connectivity index (χ2n) is 3.54. The van der Waals surface area contributed by atoms with Crippen LogP contribution in [0.4, 0.5) is 0 Å². The van der Waals surface area contributed by atoms with Crippen LogP contribution in [-0.2, 0) is 4.79 Å². The first kappa shape index (κ1) is 12.4. The van der Waals surface area contributed by atoms with Crippen molar-refractivity contribution in [3.05, 3.63) is 29.8 Å². The SMILES string of the molecule is CCC(=O)CCC(=O)c1ccc(OC)cc1. The van der Waals surface area contributed by atoms with E-state index in [0.29, 0.717) is 24.8 Å². The Morgan fingerprint density at radius 3 is 2.25 bits per heavy atom. The number of ether oxygens (including phenoxy) is 1. The molecule has 3 heteroatoms. The number of Topliss-reactive ketones (excluding diaryl/α,β-unsaturated/α-hetero) is 2. The highest BCUT2D eigenvalue weighted by atomic mass is 16.5. The van der Waals surface area contributed by atoms with Crippen molar-refractivity contribution in [2.45, 2.75) is 26.2 Å². The third-order valence-corrected chi connectivity index (χ3v) is 2.44. The monoisotopic (exact) mass is 220 g/mol. The fraction of sp³-hybridized carbons (Fsp3) is 0.385. The highest BCUT2D eigenvalue weighted by molar-refractivity contribution is 5.98. The van der Waals surface area contributed by atoms with Crippen LogP contribution in [0.3, 0.4) is 0 Å². The summed E-state index contributed by atoms with van der Waals surface area (Å²) in [5, 5.41) is 0. The number of methoxy groups -OCH3 is 1. The molecule has 0 aliphatic carbocycles. The quantitative estimate of drug-likeness (QED) is 0.692. The van der Waals surface area contributed by atoms with Crippen molar-refractivity contribution in [2.24, 2.45) is 0 Å². The summed E-state index contributed by atoms with van der Waals surface area (Å²) in [7, 11) is 1.58. The maximum atomic E-state index is 11.7. The molecule has 16 heavy (non-hydrogen) atoms. The lowest BCUT2D eigenvalue weighted by Gasteiger charge is -2.02. The molecular weight excluding hydrogens is 204 g/mol. The first-order chi connectivity index (χ1) is 7.67. The summed E-state index contributed by atoms with van der Waals surface area (Å²) in [4.78, 5) is 22.7. The molecule has 0 N–H and O–H groups in total. The Hall–Kier alpha value is -1.64. The number of carbonyl (C=O) groups is 2. The Labute approximate surface area is 95.4 Å². The van der Waals surface area contributed by atoms with Crippen LogP contribution in [0.5, 0.6) is 5.75 Å². The molecule has 0 unspecified atom stereocenters. The summed E-state index contributed by atoms with van der Waals surface area (Å²) in [6, 6.07) is 6.93. The molecule has 0 bridgehead atoms. The minimum absolute atomic E-state index is 0.00412. The van der Waals surface area contributed by atoms with Gasteiger partial charge in [0.2, 0.25) is 0 Å². The summed E-state index contributed by atoms with van der Waals surface area (Å²) < 4.78 is 5.00. The molecule has 0 aliphatic rings. The highest BCUT2D eigenvalue weighted by Gasteiger charge is 2.08. The Kier molecular flexibility index (Phi) is 4.70. The van der Waals surface area contributed by atoms with E-state index in [2.05, 4.69) is 0 Å². The fourth-order valence-electron chi connectivity index (χ4n) is 1.35. The van der Waals surface area contributed by atoms with Crippen molar-refractivity contribution >= 4 is 11.6 Å². The van der Waals surface area contributed by atoms with E-state index < -0.39 is 0 Å². The Morgan fingerprint density at radius 2 is 1.75 bits per heavy atom. The summed E-state index contributed by atoms with van der Waals surface area (Å²) in [5.74, 6) is 0.854. The third kappa shape index (κ3) is 3.50. The molecule has 0 saturated heterocycles. The minimum Gasteiger partial charge on any atom is -0.497 e. The first-order valence-corrected chi connectivity index (χ1v) is 5.36. The van der Waals surface area contributed by atoms with Gasteiger partial charge in [-0.05, 0) is 24.3 Å². The molecule has 0 aliphatic heterocycles. The van der Waals surface area contributed by atoms with E-state index in [4.69, 9.17) is 4.74 Å². The summed E-state index contributed by atoms with van der Waals surface area (Å²) in [5.41, 5.74) is 0.629. The van der Waals surface area contributed by atoms with Crippen LogP contribution in [0.15, 0.2) is 24.3 Å². The van der Waals surface area contributed by atoms with Crippen LogP contribution >= 0.6 is 0 Å². The van der Waals surface area contributed by atoms with E-state index in [0.717, 1.165) is 5.75 Å². The standard InChI is InChI=1S/C13H16O3/c1-3-11(14)6-9-13(15)10-4-7-12(16-2)8-5-10/h4-5,7-8H,3,6,9H2,1-2H3. The Morgan fingerprint density at radius 1 is 1.12 bits per heavy atom. The maximum absolute atomic E-state index is 11.7. The zero-order valence-corrected chi connectivity index (χ0v) is 9.66. The van der Waals surface area contributed by atoms with Gasteiger partial charge < -0.3 is 4.74 Å². The number of hydrogen-bond acceptors (Lipinski definition) is 3. The van der Waals surface area contributed by atoms with E-state index in [-0.39, 0.29) is 11.6 Å². The molecular formula is C13H16O3. The van der Waals surface area contributed by atoms with Gasteiger partial charge >= 0.3 is 0 Å². The molecule has 1 rings (SSSR count). The van der Waals surface area contributed by atoms with Gasteiger partial charge in [0.1, 0.15) is 11.5 Å². The van der Waals surface area contributed by atoms with Gasteiger partial charge in [0, 0.05) is 24.8 Å². The first-order valence-electron chi connectivity index (χ1n) is 5.36. The molecule has 0 fully saturated rings. The molecule has 3 nitrogen and oxygen atoms in total. The average molecular weight is 220 g/mol. The number of rotatable bonds is 6. The van der Waals surface area contributed by atoms with Crippen LogP contribution in [0.1, 0.15) is 36.5 Å². The fourth-order valence-corrected chi connectivity index (χ4v) is 1.35. The minimum atomic E-state index is 0.00412. The van der Waals surface area contributed by atoms with Crippen molar-refractivity contribution in [1.82, 2.24) is 0 Å². The summed E-state index contributed by atoms with van der Waals surface area (Å²) in [6.45, 7) is 1.81. The largest absolute Gasteiger partial charge is 0.497 e. The lowest BCUT2D eigenvalue weighted by atomic mass is 10.0. The van der Waals surface area contributed by atoms with Gasteiger partial charge in [-0.15, -0.1) is 0 Å². The van der Waals surface area contributed by atoms with Crippen LogP contribution in [-0.4, -0.2) is 18.7 Å². The van der Waals surface area contributed by atoms with Gasteiger partial charge in [0.15, 0.2) is 5.78 Å². The molecule has 1 aromatic carbocycles. The summed E-state index contributed by atoms with van der Waals surface area (Å²) in [6.07, 6.45) is 1.12. The molecule has 0 saturated carbocycles. The van der Waals surface area contributed by atoms with Crippen LogP contribution < -0.4 is 4.74 Å². The van der Waals surface area contributed by atoms with E-state index in [1.807, 2.05) is 0 Å². The number of ketones is 2. The van der Waals surface area contributed by atoms with E-state index >= 15 is 0 Å². The van der Waals surface area contributed by atoms with Crippen molar-refractivity contribution in [3.8, 4) is 5.75 Å². The van der Waals surface area contributed by atoms with E-state index in [1.165, 1.54) is 0 Å². The molecule has 0 radical (unpaired) electrons. The molecule has 0 aromatic heterocycles. The molecule has 0 heterocycles. The second kappa shape index (κ2) is 6.05. The molecule has 1 aromatic rings. The summed E-state index contributed by atoms with van der Waals surface area (Å²) >= 11 is 0. The lowest BCUT2D eigenvalue weighted by Crippen LogP contribution is -2.03. The predicted molar refractivity (Wildman–Crippen MR) is 61.9 cm³/mol. The van der Waals surface area contributed by atoms with Gasteiger partial charge in [-0.1, -0.05) is 6.92 Å². The number of benzene rings is 1. The van der Waals surface area contributed by atoms with Gasteiger partial charge in [0.25, 0.3) is 0 Å². The maximum Gasteiger partial charge on any atom is 0.163 e. The van der Waals surface area contributed by atoms with Gasteiger partial charge in [-0.25, -0.2) is 0 Å². The topological polar surface area (TPSA) is 43.4 Å². The highest BCUT2D eigenvalue weighted by Crippen LogP contribution is 2.13. The van der Waals surface area contributed by atoms with Crippen molar-refractivity contribution in [2.75, 3.05) is 7.11 Å². The third-order valence-electron chi connectivity index (χ3n) is 2.44. The van der Waals surface area contributed by atoms with Crippen molar-refractivity contribution in [1.29, 1.82) is 0 Å². The van der Waals surface area contributed by atoms with Gasteiger partial charge in [-0.2, -0.15) is 0 Å². The van der Waals surface area contributed by atoms with Crippen molar-refractivity contribution < 1.29 is 14.3 Å². The predicted octanol–water partition coefficient (Wildman–Crippen LogP) is 2.64. The average Bonchev–Trinajstić information content (AvgIpc) is 2.35. The van der Waals surface area contributed by atoms with Crippen molar-refractivity contribution in [3.63, 3.8) is 0 Å². The van der Waals surface area contributed by atoms with Gasteiger partial charge in [0.05, 0.1) is 7.11 Å². The van der Waals surface area contributed by atoms with E-state index in [9.17, 15) is 9.59 Å². The number of carbonyl (C=O) groups excluding carboxylic acids is 2. The molecule has 0 atom stereocenters. The van der Waals surface area contributed by atoms with Crippen LogP contribution in [0.2, 0.25) is 0 Å². The van der Waals surface area contributed by atoms with Crippen LogP contribution in [0, 0.1) is 0 Å². The Bertz CT molecular complexity index is 365. The second-order valence-corrected chi connectivity index (χ2v) is 3.54. The normalized spacial score (nSPS) is 9.88. The zero-order valence-electron chi connectivity index (χ0n) is 9.66. The molecule has 0 spiro atoms. The number of hydrogen-bond donors (Lipinski definition) is 0. The lowest BCUT2D eigenvalue weighted by molar-refractivity contribution is -0.118. The molecule has 0 amide bonds. The molecule has 86 valence electrons. The van der Waals surface area contributed by atoms with E-state index in [1.54, 1.807) is 38.3 Å². The zero-order chi connectivity index (χ0) is 12.0. The smallest absolute Gasteiger partial charge is 0.163 e. The van der Waals surface area contributed by atoms with Gasteiger partial charge in [-0.3, -0.25) is 9.59 Å². The Balaban J connectivity index is 2.56.